The summed E-state index contributed by atoms with van der Waals surface area (Å²) in [5.41, 5.74) is 2.76. The fourth-order valence-corrected chi connectivity index (χ4v) is 1.74. The average molecular weight is 261 g/mol. The van der Waals surface area contributed by atoms with Gasteiger partial charge in [0.05, 0.1) is 13.7 Å². The number of hydrogen-bond acceptors (Lipinski definition) is 3. The predicted molar refractivity (Wildman–Crippen MR) is 72.6 cm³/mol. The molecule has 4 heteroatoms. The van der Waals surface area contributed by atoms with Crippen molar-refractivity contribution in [3.05, 3.63) is 59.4 Å². The lowest BCUT2D eigenvalue weighted by Gasteiger charge is -2.09. The number of benzene rings is 2. The van der Waals surface area contributed by atoms with Crippen LogP contribution in [0.25, 0.3) is 0 Å². The van der Waals surface area contributed by atoms with Crippen LogP contribution in [-0.4, -0.2) is 12.2 Å². The highest BCUT2D eigenvalue weighted by atomic mass is 19.1. The number of nitrogens with one attached hydrogen (secondary N) is 1. The molecule has 2 aromatic rings. The lowest BCUT2D eigenvalue weighted by Crippen LogP contribution is -2.00. The molecule has 0 aliphatic carbocycles. The van der Waals surface area contributed by atoms with Gasteiger partial charge < -0.3 is 15.2 Å². The van der Waals surface area contributed by atoms with Crippen LogP contribution in [-0.2, 0) is 13.2 Å². The van der Waals surface area contributed by atoms with Crippen molar-refractivity contribution in [1.82, 2.24) is 0 Å². The summed E-state index contributed by atoms with van der Waals surface area (Å²) >= 11 is 0. The van der Waals surface area contributed by atoms with Crippen LogP contribution in [0.2, 0.25) is 0 Å². The van der Waals surface area contributed by atoms with Gasteiger partial charge in [0, 0.05) is 18.3 Å². The number of aliphatic hydroxyl groups is 1. The third-order valence-corrected chi connectivity index (χ3v) is 2.85. The van der Waals surface area contributed by atoms with Gasteiger partial charge in [-0.05, 0) is 23.3 Å². The van der Waals surface area contributed by atoms with Crippen molar-refractivity contribution in [1.29, 1.82) is 0 Å². The number of aliphatic hydroxyl groups excluding tert-OH is 1. The second kappa shape index (κ2) is 6.20. The molecule has 0 saturated heterocycles. The Balaban J connectivity index is 2.01. The first-order chi connectivity index (χ1) is 9.22. The lowest BCUT2D eigenvalue weighted by atomic mass is 10.1. The standard InChI is InChI=1S/C15H16FNO2/c1-19-15-8-13(6-7-14(15)16)17-9-11-2-4-12(10-18)5-3-11/h2-8,17-18H,9-10H2,1H3. The first-order valence-corrected chi connectivity index (χ1v) is 5.99. The lowest BCUT2D eigenvalue weighted by molar-refractivity contribution is 0.282. The largest absolute Gasteiger partial charge is 0.494 e. The van der Waals surface area contributed by atoms with Crippen LogP contribution >= 0.6 is 0 Å². The topological polar surface area (TPSA) is 41.5 Å². The summed E-state index contributed by atoms with van der Waals surface area (Å²) < 4.78 is 18.2. The van der Waals surface area contributed by atoms with Crippen molar-refractivity contribution in [2.45, 2.75) is 13.2 Å². The fraction of sp³-hybridized carbons (Fsp3) is 0.200. The van der Waals surface area contributed by atoms with E-state index in [9.17, 15) is 4.39 Å². The molecule has 0 saturated carbocycles. The van der Waals surface area contributed by atoms with Crippen molar-refractivity contribution in [2.24, 2.45) is 0 Å². The van der Waals surface area contributed by atoms with Crippen molar-refractivity contribution in [3.63, 3.8) is 0 Å². The van der Waals surface area contributed by atoms with Crippen LogP contribution in [0.1, 0.15) is 11.1 Å². The minimum atomic E-state index is -0.375. The van der Waals surface area contributed by atoms with Crippen molar-refractivity contribution in [3.8, 4) is 5.75 Å². The van der Waals surface area contributed by atoms with E-state index in [-0.39, 0.29) is 18.2 Å². The number of rotatable bonds is 5. The number of halogens is 1. The zero-order valence-corrected chi connectivity index (χ0v) is 10.7. The van der Waals surface area contributed by atoms with Crippen LogP contribution in [0.3, 0.4) is 0 Å². The minimum Gasteiger partial charge on any atom is -0.494 e. The monoisotopic (exact) mass is 261 g/mol. The third-order valence-electron chi connectivity index (χ3n) is 2.85. The Morgan fingerprint density at radius 3 is 2.42 bits per heavy atom. The summed E-state index contributed by atoms with van der Waals surface area (Å²) in [5.74, 6) is -0.152. The molecule has 0 bridgehead atoms. The van der Waals surface area contributed by atoms with Crippen LogP contribution < -0.4 is 10.1 Å². The quantitative estimate of drug-likeness (QED) is 0.869. The van der Waals surface area contributed by atoms with Gasteiger partial charge in [0.2, 0.25) is 0 Å². The number of hydrogen-bond donors (Lipinski definition) is 2. The number of anilines is 1. The Labute approximate surface area is 111 Å². The summed E-state index contributed by atoms with van der Waals surface area (Å²) in [6, 6.07) is 12.3. The molecule has 19 heavy (non-hydrogen) atoms. The van der Waals surface area contributed by atoms with E-state index in [0.29, 0.717) is 6.54 Å². The van der Waals surface area contributed by atoms with E-state index in [1.807, 2.05) is 24.3 Å². The Kier molecular flexibility index (Phi) is 4.36. The zero-order valence-electron chi connectivity index (χ0n) is 10.7. The molecule has 0 spiro atoms. The Hall–Kier alpha value is -2.07. The molecule has 0 aromatic heterocycles. The van der Waals surface area contributed by atoms with Gasteiger partial charge in [-0.3, -0.25) is 0 Å². The molecule has 0 amide bonds. The van der Waals surface area contributed by atoms with Gasteiger partial charge in [0.1, 0.15) is 0 Å². The van der Waals surface area contributed by atoms with Gasteiger partial charge in [-0.1, -0.05) is 24.3 Å². The summed E-state index contributed by atoms with van der Waals surface area (Å²) in [7, 11) is 1.44. The van der Waals surface area contributed by atoms with E-state index in [2.05, 4.69) is 5.32 Å². The van der Waals surface area contributed by atoms with Gasteiger partial charge >= 0.3 is 0 Å². The molecular formula is C15H16FNO2. The molecule has 0 radical (unpaired) electrons. The normalized spacial score (nSPS) is 10.3. The maximum absolute atomic E-state index is 13.2. The van der Waals surface area contributed by atoms with Gasteiger partial charge in [-0.15, -0.1) is 0 Å². The number of methoxy groups -OCH3 is 1. The molecule has 0 aliphatic heterocycles. The molecule has 0 aliphatic rings. The van der Waals surface area contributed by atoms with Crippen molar-refractivity contribution < 1.29 is 14.2 Å². The first-order valence-electron chi connectivity index (χ1n) is 5.99. The Bertz CT molecular complexity index is 540. The van der Waals surface area contributed by atoms with Crippen molar-refractivity contribution >= 4 is 5.69 Å². The van der Waals surface area contributed by atoms with Gasteiger partial charge in [-0.25, -0.2) is 4.39 Å². The van der Waals surface area contributed by atoms with E-state index >= 15 is 0 Å². The highest BCUT2D eigenvalue weighted by Crippen LogP contribution is 2.21. The summed E-state index contributed by atoms with van der Waals surface area (Å²) in [4.78, 5) is 0. The number of ether oxygens (including phenoxy) is 1. The van der Waals surface area contributed by atoms with Crippen LogP contribution in [0.15, 0.2) is 42.5 Å². The second-order valence-corrected chi connectivity index (χ2v) is 4.18. The molecule has 0 atom stereocenters. The van der Waals surface area contributed by atoms with Crippen LogP contribution in [0, 0.1) is 5.82 Å². The van der Waals surface area contributed by atoms with Crippen LogP contribution in [0.5, 0.6) is 5.75 Å². The molecular weight excluding hydrogens is 245 g/mol. The van der Waals surface area contributed by atoms with E-state index in [0.717, 1.165) is 16.8 Å². The molecule has 0 fully saturated rings. The molecule has 0 heterocycles. The minimum absolute atomic E-state index is 0.0445. The van der Waals surface area contributed by atoms with Crippen molar-refractivity contribution in [2.75, 3.05) is 12.4 Å². The SMILES string of the molecule is COc1cc(NCc2ccc(CO)cc2)ccc1F. The maximum Gasteiger partial charge on any atom is 0.165 e. The van der Waals surface area contributed by atoms with Crippen LogP contribution in [0.4, 0.5) is 10.1 Å². The smallest absolute Gasteiger partial charge is 0.165 e. The second-order valence-electron chi connectivity index (χ2n) is 4.18. The van der Waals surface area contributed by atoms with Gasteiger partial charge in [0.25, 0.3) is 0 Å². The molecule has 2 aromatic carbocycles. The third kappa shape index (κ3) is 3.45. The summed E-state index contributed by atoms with van der Waals surface area (Å²) in [5, 5.41) is 12.1. The Morgan fingerprint density at radius 2 is 1.79 bits per heavy atom. The molecule has 3 nitrogen and oxygen atoms in total. The Morgan fingerprint density at radius 1 is 1.11 bits per heavy atom. The van der Waals surface area contributed by atoms with E-state index in [1.165, 1.54) is 13.2 Å². The van der Waals surface area contributed by atoms with Gasteiger partial charge in [0.15, 0.2) is 11.6 Å². The fourth-order valence-electron chi connectivity index (χ4n) is 1.74. The van der Waals surface area contributed by atoms with Gasteiger partial charge in [-0.2, -0.15) is 0 Å². The predicted octanol–water partition coefficient (Wildman–Crippen LogP) is 2.94. The highest BCUT2D eigenvalue weighted by Gasteiger charge is 2.03. The molecule has 0 unspecified atom stereocenters. The molecule has 2 rings (SSSR count). The van der Waals surface area contributed by atoms with E-state index in [4.69, 9.17) is 9.84 Å². The average Bonchev–Trinajstić information content (AvgIpc) is 2.47. The van der Waals surface area contributed by atoms with E-state index < -0.39 is 0 Å². The van der Waals surface area contributed by atoms with E-state index in [1.54, 1.807) is 12.1 Å². The molecule has 2 N–H and O–H groups in total. The first kappa shape index (κ1) is 13.4. The zero-order chi connectivity index (χ0) is 13.7. The summed E-state index contributed by atoms with van der Waals surface area (Å²) in [6.45, 7) is 0.670. The molecule has 100 valence electrons. The summed E-state index contributed by atoms with van der Waals surface area (Å²) in [6.07, 6.45) is 0. The maximum atomic E-state index is 13.2. The highest BCUT2D eigenvalue weighted by molar-refractivity contribution is 5.49.